The van der Waals surface area contributed by atoms with E-state index in [1.165, 1.54) is 5.57 Å². The van der Waals surface area contributed by atoms with Crippen molar-refractivity contribution in [3.05, 3.63) is 23.8 Å². The largest absolute Gasteiger partial charge is 0.389 e. The van der Waals surface area contributed by atoms with Crippen molar-refractivity contribution < 1.29 is 5.11 Å². The quantitative estimate of drug-likeness (QED) is 0.639. The minimum atomic E-state index is -1.55. The lowest BCUT2D eigenvalue weighted by Gasteiger charge is -2.42. The van der Waals surface area contributed by atoms with Crippen molar-refractivity contribution in [2.75, 3.05) is 0 Å². The monoisotopic (exact) mass is 196 g/mol. The van der Waals surface area contributed by atoms with Crippen LogP contribution in [0, 0.1) is 5.92 Å². The summed E-state index contributed by atoms with van der Waals surface area (Å²) in [5, 5.41) is 9.96. The van der Waals surface area contributed by atoms with Crippen molar-refractivity contribution >= 4 is 8.07 Å². The van der Waals surface area contributed by atoms with Crippen LogP contribution in [0.2, 0.25) is 19.6 Å². The van der Waals surface area contributed by atoms with E-state index < -0.39 is 13.3 Å². The van der Waals surface area contributed by atoms with E-state index in [1.807, 2.05) is 12.2 Å². The fourth-order valence-electron chi connectivity index (χ4n) is 1.92. The van der Waals surface area contributed by atoms with Gasteiger partial charge < -0.3 is 5.11 Å². The van der Waals surface area contributed by atoms with Gasteiger partial charge in [-0.1, -0.05) is 50.4 Å². The van der Waals surface area contributed by atoms with Crippen LogP contribution in [0.3, 0.4) is 0 Å². The zero-order valence-electron chi connectivity index (χ0n) is 9.26. The zero-order valence-corrected chi connectivity index (χ0v) is 10.3. The molecule has 0 amide bonds. The van der Waals surface area contributed by atoms with Crippen LogP contribution in [0.4, 0.5) is 0 Å². The number of rotatable bonds is 1. The maximum Gasteiger partial charge on any atom is 0.0877 e. The number of aliphatic hydroxyl groups is 1. The van der Waals surface area contributed by atoms with Crippen LogP contribution < -0.4 is 0 Å². The molecule has 13 heavy (non-hydrogen) atoms. The van der Waals surface area contributed by atoms with Gasteiger partial charge in [-0.2, -0.15) is 0 Å². The topological polar surface area (TPSA) is 20.2 Å². The van der Waals surface area contributed by atoms with Crippen LogP contribution in [0.25, 0.3) is 0 Å². The molecule has 0 saturated carbocycles. The molecule has 0 aliphatic heterocycles. The van der Waals surface area contributed by atoms with Gasteiger partial charge in [-0.05, 0) is 6.92 Å². The lowest BCUT2D eigenvalue weighted by atomic mass is 9.95. The predicted octanol–water partition coefficient (Wildman–Crippen LogP) is 2.75. The first-order valence-electron chi connectivity index (χ1n) is 4.87. The van der Waals surface area contributed by atoms with Crippen molar-refractivity contribution in [3.63, 3.8) is 0 Å². The molecule has 2 heteroatoms. The number of hydrogen-bond acceptors (Lipinski definition) is 1. The maximum atomic E-state index is 10.5. The second kappa shape index (κ2) is 3.10. The Morgan fingerprint density at radius 3 is 2.31 bits per heavy atom. The highest BCUT2D eigenvalue weighted by Gasteiger charge is 2.43. The average molecular weight is 196 g/mol. The van der Waals surface area contributed by atoms with Gasteiger partial charge in [0.15, 0.2) is 0 Å². The Kier molecular flexibility index (Phi) is 2.56. The molecule has 0 aromatic heterocycles. The van der Waals surface area contributed by atoms with Gasteiger partial charge in [-0.3, -0.25) is 0 Å². The molecule has 0 aromatic carbocycles. The van der Waals surface area contributed by atoms with Gasteiger partial charge in [0.1, 0.15) is 0 Å². The van der Waals surface area contributed by atoms with Crippen molar-refractivity contribution in [1.29, 1.82) is 0 Å². The zero-order chi connectivity index (χ0) is 10.3. The van der Waals surface area contributed by atoms with Crippen molar-refractivity contribution in [1.82, 2.24) is 0 Å². The van der Waals surface area contributed by atoms with Crippen LogP contribution in [-0.2, 0) is 0 Å². The minimum Gasteiger partial charge on any atom is -0.389 e. The Morgan fingerprint density at radius 1 is 1.38 bits per heavy atom. The summed E-state index contributed by atoms with van der Waals surface area (Å²) in [4.78, 5) is 0. The molecule has 1 rings (SSSR count). The molecule has 0 heterocycles. The van der Waals surface area contributed by atoms with E-state index in [0.29, 0.717) is 0 Å². The van der Waals surface area contributed by atoms with Crippen LogP contribution in [0.1, 0.15) is 13.8 Å². The molecule has 2 atom stereocenters. The van der Waals surface area contributed by atoms with E-state index >= 15 is 0 Å². The minimum absolute atomic E-state index is 0.254. The van der Waals surface area contributed by atoms with Crippen LogP contribution >= 0.6 is 0 Å². The first-order chi connectivity index (χ1) is 5.77. The van der Waals surface area contributed by atoms with Gasteiger partial charge in [-0.25, -0.2) is 0 Å². The molecule has 1 aliphatic rings. The Morgan fingerprint density at radius 2 is 1.92 bits per heavy atom. The highest BCUT2D eigenvalue weighted by Crippen LogP contribution is 2.34. The fraction of sp³-hybridized carbons (Fsp3) is 0.636. The molecule has 1 N–H and O–H groups in total. The van der Waals surface area contributed by atoms with E-state index in [2.05, 4.69) is 39.6 Å². The van der Waals surface area contributed by atoms with Gasteiger partial charge >= 0.3 is 0 Å². The van der Waals surface area contributed by atoms with Crippen molar-refractivity contribution in [2.24, 2.45) is 5.92 Å². The van der Waals surface area contributed by atoms with Crippen LogP contribution in [0.5, 0.6) is 0 Å². The molecule has 0 radical (unpaired) electrons. The van der Waals surface area contributed by atoms with E-state index in [-0.39, 0.29) is 5.92 Å². The number of allylic oxidation sites excluding steroid dienone is 2. The fourth-order valence-corrected chi connectivity index (χ4v) is 3.95. The third-order valence-electron chi connectivity index (χ3n) is 3.01. The first-order valence-corrected chi connectivity index (χ1v) is 8.37. The van der Waals surface area contributed by atoms with Gasteiger partial charge in [0.25, 0.3) is 0 Å². The summed E-state index contributed by atoms with van der Waals surface area (Å²) in [5.41, 5.74) is 1.26. The second-order valence-corrected chi connectivity index (χ2v) is 10.4. The second-order valence-electron chi connectivity index (χ2n) is 5.11. The van der Waals surface area contributed by atoms with Crippen LogP contribution in [0.15, 0.2) is 23.8 Å². The van der Waals surface area contributed by atoms with Crippen molar-refractivity contribution in [2.45, 2.75) is 38.7 Å². The Hall–Kier alpha value is -0.343. The van der Waals surface area contributed by atoms with E-state index in [0.717, 1.165) is 0 Å². The van der Waals surface area contributed by atoms with E-state index in [4.69, 9.17) is 0 Å². The van der Waals surface area contributed by atoms with Gasteiger partial charge in [0, 0.05) is 5.92 Å². The highest BCUT2D eigenvalue weighted by molar-refractivity contribution is 6.79. The summed E-state index contributed by atoms with van der Waals surface area (Å²) in [6.45, 7) is 10.8. The summed E-state index contributed by atoms with van der Waals surface area (Å²) in [6.07, 6.45) is 6.20. The molecular weight excluding hydrogens is 176 g/mol. The molecule has 1 nitrogen and oxygen atoms in total. The normalized spacial score (nSPS) is 34.6. The molecule has 0 fully saturated rings. The summed E-state index contributed by atoms with van der Waals surface area (Å²) in [6, 6.07) is 0. The maximum absolute atomic E-state index is 10.5. The molecule has 74 valence electrons. The molecule has 0 aromatic rings. The Bertz CT molecular complexity index is 260. The summed E-state index contributed by atoms with van der Waals surface area (Å²) >= 11 is 0. The molecular formula is C11H20OSi. The van der Waals surface area contributed by atoms with E-state index in [9.17, 15) is 5.11 Å². The summed E-state index contributed by atoms with van der Waals surface area (Å²) in [7, 11) is -1.55. The molecule has 2 unspecified atom stereocenters. The molecule has 0 saturated heterocycles. The molecule has 0 spiro atoms. The SMILES string of the molecule is CC1=CC(C)C(O)([Si](C)(C)C)C=C1. The summed E-state index contributed by atoms with van der Waals surface area (Å²) < 4.78 is 0. The third-order valence-corrected chi connectivity index (χ3v) is 6.03. The Labute approximate surface area is 82.2 Å². The average Bonchev–Trinajstić information content (AvgIpc) is 1.95. The number of hydrogen-bond donors (Lipinski definition) is 1. The third kappa shape index (κ3) is 1.79. The molecule has 0 bridgehead atoms. The smallest absolute Gasteiger partial charge is 0.0877 e. The summed E-state index contributed by atoms with van der Waals surface area (Å²) in [5.74, 6) is 0.254. The van der Waals surface area contributed by atoms with Gasteiger partial charge in [0.05, 0.1) is 13.3 Å². The standard InChI is InChI=1S/C11H20OSi/c1-9-6-7-11(12,10(2)8-9)13(3,4)5/h6-8,10,12H,1-5H3. The van der Waals surface area contributed by atoms with Gasteiger partial charge in [-0.15, -0.1) is 0 Å². The van der Waals surface area contributed by atoms with Crippen molar-refractivity contribution in [3.8, 4) is 0 Å². The van der Waals surface area contributed by atoms with Gasteiger partial charge in [0.2, 0.25) is 0 Å². The van der Waals surface area contributed by atoms with E-state index in [1.54, 1.807) is 0 Å². The predicted molar refractivity (Wildman–Crippen MR) is 60.4 cm³/mol. The highest BCUT2D eigenvalue weighted by atomic mass is 28.3. The first kappa shape index (κ1) is 10.7. The Balaban J connectivity index is 3.03. The lowest BCUT2D eigenvalue weighted by molar-refractivity contribution is 0.125. The van der Waals surface area contributed by atoms with Crippen LogP contribution in [-0.4, -0.2) is 18.4 Å². The lowest BCUT2D eigenvalue weighted by Crippen LogP contribution is -2.55. The molecule has 1 aliphatic carbocycles.